The summed E-state index contributed by atoms with van der Waals surface area (Å²) < 4.78 is 2.07. The normalized spacial score (nSPS) is 12.8. The number of aliphatic imine (C=N–C) groups is 1. The number of nitrogens with zero attached hydrogens (tertiary/aromatic N) is 5. The summed E-state index contributed by atoms with van der Waals surface area (Å²) >= 11 is 0. The average Bonchev–Trinajstić information content (AvgIpc) is 3.22. The van der Waals surface area contributed by atoms with Gasteiger partial charge < -0.3 is 15.2 Å². The smallest absolute Gasteiger partial charge is 0.191 e. The lowest BCUT2D eigenvalue weighted by Gasteiger charge is -2.29. The Kier molecular flexibility index (Phi) is 9.92. The SMILES string of the molecule is C=CCNC(=NCC(c1ccccc1)N(CC)CC)NCCn1cnnc1CC. The Labute approximate surface area is 174 Å². The minimum atomic E-state index is 0.248. The van der Waals surface area contributed by atoms with Crippen LogP contribution in [0, 0.1) is 0 Å². The van der Waals surface area contributed by atoms with Crippen molar-refractivity contribution in [1.29, 1.82) is 0 Å². The standard InChI is InChI=1S/C22H35N7/c1-5-14-23-22(24-15-16-29-18-26-27-21(29)6-2)25-17-20(28(7-3)8-4)19-12-10-9-11-13-19/h5,9-13,18,20H,1,6-8,14-17H2,2-4H3,(H2,23,24,25). The van der Waals surface area contributed by atoms with E-state index in [1.54, 1.807) is 6.33 Å². The lowest BCUT2D eigenvalue weighted by Crippen LogP contribution is -2.40. The molecular weight excluding hydrogens is 362 g/mol. The van der Waals surface area contributed by atoms with Crippen molar-refractivity contribution < 1.29 is 0 Å². The van der Waals surface area contributed by atoms with E-state index in [-0.39, 0.29) is 6.04 Å². The molecule has 0 fully saturated rings. The van der Waals surface area contributed by atoms with Gasteiger partial charge in [-0.1, -0.05) is 57.2 Å². The maximum atomic E-state index is 4.88. The molecule has 0 radical (unpaired) electrons. The summed E-state index contributed by atoms with van der Waals surface area (Å²) in [4.78, 5) is 7.32. The fraction of sp³-hybridized carbons (Fsp3) is 0.500. The summed E-state index contributed by atoms with van der Waals surface area (Å²) in [7, 11) is 0. The van der Waals surface area contributed by atoms with Crippen molar-refractivity contribution in [2.45, 2.75) is 39.8 Å². The van der Waals surface area contributed by atoms with Gasteiger partial charge in [0.05, 0.1) is 12.6 Å². The Hall–Kier alpha value is -2.67. The molecule has 1 atom stereocenters. The molecule has 0 amide bonds. The van der Waals surface area contributed by atoms with Crippen LogP contribution in [0.25, 0.3) is 0 Å². The van der Waals surface area contributed by atoms with E-state index in [2.05, 4.69) is 88.0 Å². The lowest BCUT2D eigenvalue weighted by molar-refractivity contribution is 0.224. The van der Waals surface area contributed by atoms with Crippen LogP contribution in [0.4, 0.5) is 0 Å². The fourth-order valence-corrected chi connectivity index (χ4v) is 3.33. The van der Waals surface area contributed by atoms with E-state index in [1.165, 1.54) is 5.56 Å². The van der Waals surface area contributed by atoms with Crippen LogP contribution in [-0.2, 0) is 13.0 Å². The van der Waals surface area contributed by atoms with E-state index in [9.17, 15) is 0 Å². The van der Waals surface area contributed by atoms with Gasteiger partial charge in [-0.25, -0.2) is 0 Å². The number of hydrogen-bond donors (Lipinski definition) is 2. The number of aromatic nitrogens is 3. The molecule has 7 nitrogen and oxygen atoms in total. The molecule has 2 rings (SSSR count). The highest BCUT2D eigenvalue weighted by molar-refractivity contribution is 5.79. The third-order valence-electron chi connectivity index (χ3n) is 4.93. The first-order chi connectivity index (χ1) is 14.2. The number of guanidine groups is 1. The molecule has 0 aliphatic rings. The first kappa shape index (κ1) is 22.6. The Balaban J connectivity index is 2.06. The highest BCUT2D eigenvalue weighted by Gasteiger charge is 2.17. The molecule has 0 aliphatic heterocycles. The zero-order valence-electron chi connectivity index (χ0n) is 18.0. The van der Waals surface area contributed by atoms with Crippen molar-refractivity contribution in [2.75, 3.05) is 32.7 Å². The van der Waals surface area contributed by atoms with E-state index in [0.29, 0.717) is 13.1 Å². The van der Waals surface area contributed by atoms with E-state index in [0.717, 1.165) is 44.4 Å². The third kappa shape index (κ3) is 7.02. The molecule has 1 aromatic carbocycles. The van der Waals surface area contributed by atoms with Crippen LogP contribution in [0.3, 0.4) is 0 Å². The van der Waals surface area contributed by atoms with Crippen molar-refractivity contribution in [1.82, 2.24) is 30.3 Å². The second-order valence-corrected chi connectivity index (χ2v) is 6.73. The van der Waals surface area contributed by atoms with Gasteiger partial charge in [0.2, 0.25) is 0 Å². The molecule has 0 saturated heterocycles. The van der Waals surface area contributed by atoms with E-state index in [1.807, 2.05) is 6.08 Å². The Morgan fingerprint density at radius 2 is 1.97 bits per heavy atom. The van der Waals surface area contributed by atoms with Crippen LogP contribution in [0.1, 0.15) is 38.2 Å². The molecule has 158 valence electrons. The van der Waals surface area contributed by atoms with Crippen LogP contribution >= 0.6 is 0 Å². The molecule has 0 bridgehead atoms. The topological polar surface area (TPSA) is 70.4 Å². The van der Waals surface area contributed by atoms with Gasteiger partial charge in [0, 0.05) is 26.1 Å². The van der Waals surface area contributed by atoms with Gasteiger partial charge in [-0.2, -0.15) is 0 Å². The van der Waals surface area contributed by atoms with Crippen LogP contribution in [0.5, 0.6) is 0 Å². The van der Waals surface area contributed by atoms with Crippen LogP contribution in [-0.4, -0.2) is 58.3 Å². The summed E-state index contributed by atoms with van der Waals surface area (Å²) in [6.45, 7) is 15.1. The number of aryl methyl sites for hydroxylation is 1. The minimum absolute atomic E-state index is 0.248. The molecular formula is C22H35N7. The number of benzene rings is 1. The zero-order valence-corrected chi connectivity index (χ0v) is 18.0. The van der Waals surface area contributed by atoms with E-state index >= 15 is 0 Å². The summed E-state index contributed by atoms with van der Waals surface area (Å²) in [6.07, 6.45) is 4.49. The first-order valence-corrected chi connectivity index (χ1v) is 10.5. The lowest BCUT2D eigenvalue weighted by atomic mass is 10.1. The molecule has 1 heterocycles. The van der Waals surface area contributed by atoms with Gasteiger partial charge in [0.15, 0.2) is 5.96 Å². The largest absolute Gasteiger partial charge is 0.355 e. The molecule has 1 unspecified atom stereocenters. The van der Waals surface area contributed by atoms with Crippen LogP contribution in [0.15, 0.2) is 54.3 Å². The number of likely N-dealkylation sites (N-methyl/N-ethyl adjacent to an activating group) is 1. The average molecular weight is 398 g/mol. The van der Waals surface area contributed by atoms with E-state index in [4.69, 9.17) is 4.99 Å². The second kappa shape index (κ2) is 12.7. The van der Waals surface area contributed by atoms with Gasteiger partial charge in [-0.15, -0.1) is 16.8 Å². The molecule has 2 aromatic rings. The summed E-state index contributed by atoms with van der Waals surface area (Å²) in [5.74, 6) is 1.79. The van der Waals surface area contributed by atoms with E-state index < -0.39 is 0 Å². The molecule has 29 heavy (non-hydrogen) atoms. The summed E-state index contributed by atoms with van der Waals surface area (Å²) in [5.41, 5.74) is 1.29. The number of nitrogens with one attached hydrogen (secondary N) is 2. The first-order valence-electron chi connectivity index (χ1n) is 10.5. The quantitative estimate of drug-likeness (QED) is 0.327. The maximum absolute atomic E-state index is 4.88. The molecule has 0 aliphatic carbocycles. The maximum Gasteiger partial charge on any atom is 0.191 e. The van der Waals surface area contributed by atoms with Gasteiger partial charge >= 0.3 is 0 Å². The predicted octanol–water partition coefficient (Wildman–Crippen LogP) is 2.64. The molecule has 7 heteroatoms. The van der Waals surface area contributed by atoms with Gasteiger partial charge in [0.25, 0.3) is 0 Å². The van der Waals surface area contributed by atoms with Crippen molar-refractivity contribution in [3.05, 3.63) is 60.7 Å². The van der Waals surface area contributed by atoms with Crippen LogP contribution in [0.2, 0.25) is 0 Å². The Morgan fingerprint density at radius 3 is 2.62 bits per heavy atom. The second-order valence-electron chi connectivity index (χ2n) is 6.73. The van der Waals surface area contributed by atoms with Crippen molar-refractivity contribution in [2.24, 2.45) is 4.99 Å². The van der Waals surface area contributed by atoms with Gasteiger partial charge in [0.1, 0.15) is 12.2 Å². The minimum Gasteiger partial charge on any atom is -0.355 e. The van der Waals surface area contributed by atoms with Crippen molar-refractivity contribution in [3.63, 3.8) is 0 Å². The molecule has 1 aromatic heterocycles. The fourth-order valence-electron chi connectivity index (χ4n) is 3.33. The highest BCUT2D eigenvalue weighted by Crippen LogP contribution is 2.20. The molecule has 0 saturated carbocycles. The Morgan fingerprint density at radius 1 is 1.21 bits per heavy atom. The van der Waals surface area contributed by atoms with Crippen molar-refractivity contribution in [3.8, 4) is 0 Å². The van der Waals surface area contributed by atoms with Gasteiger partial charge in [-0.05, 0) is 18.7 Å². The third-order valence-corrected chi connectivity index (χ3v) is 4.93. The van der Waals surface area contributed by atoms with Crippen LogP contribution < -0.4 is 10.6 Å². The zero-order chi connectivity index (χ0) is 20.9. The summed E-state index contributed by atoms with van der Waals surface area (Å²) in [5, 5.41) is 14.9. The molecule has 0 spiro atoms. The number of hydrogen-bond acceptors (Lipinski definition) is 4. The van der Waals surface area contributed by atoms with Crippen molar-refractivity contribution >= 4 is 5.96 Å². The number of rotatable bonds is 12. The van der Waals surface area contributed by atoms with Gasteiger partial charge in [-0.3, -0.25) is 9.89 Å². The Bertz CT molecular complexity index is 735. The summed E-state index contributed by atoms with van der Waals surface area (Å²) in [6, 6.07) is 10.9. The highest BCUT2D eigenvalue weighted by atomic mass is 15.3. The monoisotopic (exact) mass is 397 g/mol. The molecule has 2 N–H and O–H groups in total. The predicted molar refractivity (Wildman–Crippen MR) is 120 cm³/mol.